The number of likely N-dealkylation sites (tertiary alicyclic amines) is 1. The Hall–Kier alpha value is -2.56. The minimum Gasteiger partial charge on any atom is -0.392 e. The smallest absolute Gasteiger partial charge is 0.0704 e. The van der Waals surface area contributed by atoms with Gasteiger partial charge in [0.1, 0.15) is 0 Å². The molecule has 3 heterocycles. The summed E-state index contributed by atoms with van der Waals surface area (Å²) in [7, 11) is 0. The van der Waals surface area contributed by atoms with Crippen LogP contribution in [0.25, 0.3) is 11.3 Å². The maximum Gasteiger partial charge on any atom is 0.0704 e. The highest BCUT2D eigenvalue weighted by atomic mass is 16.3. The molecular weight excluding hydrogens is 346 g/mol. The van der Waals surface area contributed by atoms with Crippen molar-refractivity contribution in [2.45, 2.75) is 38.8 Å². The molecule has 0 aliphatic carbocycles. The molecule has 1 N–H and O–H groups in total. The van der Waals surface area contributed by atoms with Crippen LogP contribution in [0.15, 0.2) is 60.9 Å². The Morgan fingerprint density at radius 2 is 1.86 bits per heavy atom. The van der Waals surface area contributed by atoms with Gasteiger partial charge in [-0.1, -0.05) is 37.3 Å². The number of nitrogens with zero attached hydrogens (tertiary/aromatic N) is 3. The summed E-state index contributed by atoms with van der Waals surface area (Å²) in [6.45, 7) is 5.31. The lowest BCUT2D eigenvalue weighted by Gasteiger charge is -2.16. The molecule has 2 aromatic heterocycles. The number of hydrogen-bond acceptors (Lipinski definition) is 4. The van der Waals surface area contributed by atoms with E-state index >= 15 is 0 Å². The van der Waals surface area contributed by atoms with E-state index in [1.54, 1.807) is 0 Å². The predicted molar refractivity (Wildman–Crippen MR) is 112 cm³/mol. The quantitative estimate of drug-likeness (QED) is 0.704. The highest BCUT2D eigenvalue weighted by molar-refractivity contribution is 5.60. The van der Waals surface area contributed by atoms with Crippen molar-refractivity contribution in [3.63, 3.8) is 0 Å². The molecule has 1 aliphatic rings. The summed E-state index contributed by atoms with van der Waals surface area (Å²) < 4.78 is 0. The molecule has 0 radical (unpaired) electrons. The Morgan fingerprint density at radius 1 is 1.04 bits per heavy atom. The maximum atomic E-state index is 9.22. The molecule has 28 heavy (non-hydrogen) atoms. The van der Waals surface area contributed by atoms with Crippen LogP contribution in [0.1, 0.15) is 41.6 Å². The minimum absolute atomic E-state index is 0.0711. The summed E-state index contributed by atoms with van der Waals surface area (Å²) >= 11 is 0. The van der Waals surface area contributed by atoms with E-state index in [2.05, 4.69) is 46.1 Å². The fraction of sp³-hybridized carbons (Fsp3) is 0.333. The standard InChI is InChI=1S/C24H27N3O/c1-2-18-5-8-23(26-14-18)16-27-12-10-22(15-27)21-9-11-25-24(13-21)20-6-3-19(17-28)4-7-20/h3-9,11,13-14,22,28H,2,10,12,15-17H2,1H3/t22-/m0/s1. The van der Waals surface area contributed by atoms with Gasteiger partial charge in [0.05, 0.1) is 18.0 Å². The molecule has 0 unspecified atom stereocenters. The van der Waals surface area contributed by atoms with E-state index in [0.29, 0.717) is 5.92 Å². The molecule has 3 aromatic rings. The van der Waals surface area contributed by atoms with Crippen molar-refractivity contribution in [3.05, 3.63) is 83.3 Å². The molecular formula is C24H27N3O. The van der Waals surface area contributed by atoms with E-state index in [4.69, 9.17) is 0 Å². The first kappa shape index (κ1) is 18.8. The van der Waals surface area contributed by atoms with Crippen molar-refractivity contribution < 1.29 is 5.11 Å². The third-order valence-corrected chi connectivity index (χ3v) is 5.64. The van der Waals surface area contributed by atoms with E-state index in [1.165, 1.54) is 17.5 Å². The van der Waals surface area contributed by atoms with Gasteiger partial charge in [-0.2, -0.15) is 0 Å². The van der Waals surface area contributed by atoms with Crippen molar-refractivity contribution in [3.8, 4) is 11.3 Å². The number of rotatable bonds is 6. The summed E-state index contributed by atoms with van der Waals surface area (Å²) in [6, 6.07) is 16.7. The number of benzene rings is 1. The third-order valence-electron chi connectivity index (χ3n) is 5.64. The van der Waals surface area contributed by atoms with Gasteiger partial charge in [0.2, 0.25) is 0 Å². The molecule has 0 bridgehead atoms. The molecule has 4 heteroatoms. The summed E-state index contributed by atoms with van der Waals surface area (Å²) in [5.74, 6) is 0.536. The highest BCUT2D eigenvalue weighted by Crippen LogP contribution is 2.30. The van der Waals surface area contributed by atoms with Gasteiger partial charge in [0.15, 0.2) is 0 Å². The van der Waals surface area contributed by atoms with Gasteiger partial charge in [-0.05, 0) is 60.2 Å². The molecule has 1 aliphatic heterocycles. The zero-order valence-corrected chi connectivity index (χ0v) is 16.4. The Morgan fingerprint density at radius 3 is 2.57 bits per heavy atom. The molecule has 1 aromatic carbocycles. The molecule has 1 fully saturated rings. The first-order valence-electron chi connectivity index (χ1n) is 10.1. The van der Waals surface area contributed by atoms with E-state index < -0.39 is 0 Å². The van der Waals surface area contributed by atoms with Crippen molar-refractivity contribution in [1.82, 2.24) is 14.9 Å². The lowest BCUT2D eigenvalue weighted by molar-refractivity contribution is 0.282. The van der Waals surface area contributed by atoms with Crippen molar-refractivity contribution in [2.75, 3.05) is 13.1 Å². The number of hydrogen-bond donors (Lipinski definition) is 1. The molecule has 0 spiro atoms. The molecule has 1 atom stereocenters. The number of aryl methyl sites for hydroxylation is 1. The van der Waals surface area contributed by atoms with Gasteiger partial charge < -0.3 is 5.11 Å². The van der Waals surface area contributed by atoms with Crippen LogP contribution >= 0.6 is 0 Å². The third kappa shape index (κ3) is 4.29. The van der Waals surface area contributed by atoms with Crippen LogP contribution in [-0.4, -0.2) is 33.1 Å². The van der Waals surface area contributed by atoms with Crippen molar-refractivity contribution in [2.24, 2.45) is 0 Å². The van der Waals surface area contributed by atoms with Gasteiger partial charge in [-0.25, -0.2) is 0 Å². The average Bonchev–Trinajstić information content (AvgIpc) is 3.23. The second-order valence-electron chi connectivity index (χ2n) is 7.56. The van der Waals surface area contributed by atoms with E-state index in [-0.39, 0.29) is 6.61 Å². The van der Waals surface area contributed by atoms with Crippen LogP contribution in [0.3, 0.4) is 0 Å². The second-order valence-corrected chi connectivity index (χ2v) is 7.56. The van der Waals surface area contributed by atoms with Crippen LogP contribution in [0.2, 0.25) is 0 Å². The lowest BCUT2D eigenvalue weighted by Crippen LogP contribution is -2.20. The molecule has 4 nitrogen and oxygen atoms in total. The molecule has 0 saturated carbocycles. The molecule has 4 rings (SSSR count). The topological polar surface area (TPSA) is 49.2 Å². The van der Waals surface area contributed by atoms with Gasteiger partial charge in [-0.3, -0.25) is 14.9 Å². The van der Waals surface area contributed by atoms with Crippen molar-refractivity contribution >= 4 is 0 Å². The van der Waals surface area contributed by atoms with Crippen LogP contribution in [0.5, 0.6) is 0 Å². The highest BCUT2D eigenvalue weighted by Gasteiger charge is 2.24. The second kappa shape index (κ2) is 8.63. The summed E-state index contributed by atoms with van der Waals surface area (Å²) in [6.07, 6.45) is 6.12. The Kier molecular flexibility index (Phi) is 5.79. The van der Waals surface area contributed by atoms with Crippen LogP contribution in [0.4, 0.5) is 0 Å². The first-order chi connectivity index (χ1) is 13.7. The first-order valence-corrected chi connectivity index (χ1v) is 10.1. The van der Waals surface area contributed by atoms with Crippen molar-refractivity contribution in [1.29, 1.82) is 0 Å². The monoisotopic (exact) mass is 373 g/mol. The zero-order chi connectivity index (χ0) is 19.3. The van der Waals surface area contributed by atoms with E-state index in [1.807, 2.05) is 36.7 Å². The Labute approximate surface area is 166 Å². The summed E-state index contributed by atoms with van der Waals surface area (Å²) in [5, 5.41) is 9.22. The van der Waals surface area contributed by atoms with E-state index in [0.717, 1.165) is 48.6 Å². The normalized spacial score (nSPS) is 17.1. The molecule has 0 amide bonds. The number of aliphatic hydroxyl groups is 1. The Bertz CT molecular complexity index is 906. The number of pyridine rings is 2. The molecule has 144 valence electrons. The number of aliphatic hydroxyl groups excluding tert-OH is 1. The number of aromatic nitrogens is 2. The minimum atomic E-state index is 0.0711. The average molecular weight is 374 g/mol. The lowest BCUT2D eigenvalue weighted by atomic mass is 9.97. The van der Waals surface area contributed by atoms with Gasteiger partial charge in [0.25, 0.3) is 0 Å². The van der Waals surface area contributed by atoms with Gasteiger partial charge in [0, 0.05) is 31.0 Å². The summed E-state index contributed by atoms with van der Waals surface area (Å²) in [5.41, 5.74) is 6.81. The summed E-state index contributed by atoms with van der Waals surface area (Å²) in [4.78, 5) is 11.7. The Balaban J connectivity index is 1.43. The van der Waals surface area contributed by atoms with Gasteiger partial charge in [-0.15, -0.1) is 0 Å². The van der Waals surface area contributed by atoms with Crippen LogP contribution in [-0.2, 0) is 19.6 Å². The fourth-order valence-corrected chi connectivity index (χ4v) is 3.87. The van der Waals surface area contributed by atoms with Crippen LogP contribution < -0.4 is 0 Å². The largest absolute Gasteiger partial charge is 0.392 e. The zero-order valence-electron chi connectivity index (χ0n) is 16.4. The molecule has 1 saturated heterocycles. The van der Waals surface area contributed by atoms with Gasteiger partial charge >= 0.3 is 0 Å². The predicted octanol–water partition coefficient (Wildman–Crippen LogP) is 4.19. The SMILES string of the molecule is CCc1ccc(CN2CC[C@H](c3ccnc(-c4ccc(CO)cc4)c3)C2)nc1. The maximum absolute atomic E-state index is 9.22. The van der Waals surface area contributed by atoms with Crippen LogP contribution in [0, 0.1) is 0 Å². The van der Waals surface area contributed by atoms with E-state index in [9.17, 15) is 5.11 Å². The fourth-order valence-electron chi connectivity index (χ4n) is 3.87.